The first kappa shape index (κ1) is 14.4. The summed E-state index contributed by atoms with van der Waals surface area (Å²) >= 11 is 2.05. The number of nitrogens with two attached hydrogens (primary N) is 1. The Kier molecular flexibility index (Phi) is 5.08. The molecule has 0 saturated carbocycles. The normalized spacial score (nSPS) is 11.4. The Hall–Kier alpha value is -1.64. The first-order chi connectivity index (χ1) is 8.40. The van der Waals surface area contributed by atoms with E-state index in [0.29, 0.717) is 5.56 Å². The molecule has 0 aliphatic heterocycles. The Morgan fingerprint density at radius 2 is 2.06 bits per heavy atom. The van der Waals surface area contributed by atoms with E-state index in [0.717, 1.165) is 3.57 Å². The number of nitrogens with one attached hydrogen (secondary N) is 1. The van der Waals surface area contributed by atoms with E-state index in [2.05, 4.69) is 22.6 Å². The number of urea groups is 1. The summed E-state index contributed by atoms with van der Waals surface area (Å²) in [6.07, 6.45) is -1.09. The third-order valence-corrected chi connectivity index (χ3v) is 2.63. The number of esters is 1. The molecule has 0 radical (unpaired) electrons. The van der Waals surface area contributed by atoms with Crippen LogP contribution in [0.25, 0.3) is 0 Å². The fourth-order valence-corrected chi connectivity index (χ4v) is 1.66. The molecule has 0 bridgehead atoms. The Balaban J connectivity index is 2.65. The number of carbonyl (C=O) groups is 3. The van der Waals surface area contributed by atoms with Gasteiger partial charge in [0.05, 0.1) is 5.56 Å². The molecule has 3 amide bonds. The van der Waals surface area contributed by atoms with Gasteiger partial charge >= 0.3 is 12.0 Å². The third-order valence-electron chi connectivity index (χ3n) is 1.96. The molecular weight excluding hydrogens is 351 g/mol. The zero-order valence-corrected chi connectivity index (χ0v) is 11.6. The lowest BCUT2D eigenvalue weighted by Gasteiger charge is -2.11. The van der Waals surface area contributed by atoms with Crippen LogP contribution < -0.4 is 11.1 Å². The fourth-order valence-electron chi connectivity index (χ4n) is 1.12. The molecule has 3 N–H and O–H groups in total. The second-order valence-corrected chi connectivity index (χ2v) is 4.66. The summed E-state index contributed by atoms with van der Waals surface area (Å²) in [5.41, 5.74) is 5.11. The van der Waals surface area contributed by atoms with Crippen molar-refractivity contribution in [2.24, 2.45) is 5.73 Å². The maximum atomic E-state index is 11.7. The van der Waals surface area contributed by atoms with Crippen LogP contribution in [-0.4, -0.2) is 24.0 Å². The predicted molar refractivity (Wildman–Crippen MR) is 71.8 cm³/mol. The lowest BCUT2D eigenvalue weighted by atomic mass is 10.2. The van der Waals surface area contributed by atoms with Crippen molar-refractivity contribution in [1.29, 1.82) is 0 Å². The predicted octanol–water partition coefficient (Wildman–Crippen LogP) is 1.03. The van der Waals surface area contributed by atoms with Crippen molar-refractivity contribution >= 4 is 40.5 Å². The van der Waals surface area contributed by atoms with Crippen LogP contribution >= 0.6 is 22.6 Å². The number of benzene rings is 1. The van der Waals surface area contributed by atoms with Crippen LogP contribution in [0, 0.1) is 3.57 Å². The minimum atomic E-state index is -1.09. The highest BCUT2D eigenvalue weighted by molar-refractivity contribution is 14.1. The second kappa shape index (κ2) is 6.34. The van der Waals surface area contributed by atoms with Crippen LogP contribution in [0.2, 0.25) is 0 Å². The van der Waals surface area contributed by atoms with Gasteiger partial charge in [-0.3, -0.25) is 10.1 Å². The monoisotopic (exact) mass is 362 g/mol. The molecule has 18 heavy (non-hydrogen) atoms. The van der Waals surface area contributed by atoms with Gasteiger partial charge in [0, 0.05) is 3.57 Å². The summed E-state index contributed by atoms with van der Waals surface area (Å²) in [5, 5.41) is 1.83. The van der Waals surface area contributed by atoms with Crippen LogP contribution in [0.15, 0.2) is 24.3 Å². The molecule has 0 aliphatic carbocycles. The van der Waals surface area contributed by atoms with Crippen LogP contribution in [0.3, 0.4) is 0 Å². The topological polar surface area (TPSA) is 98.5 Å². The quantitative estimate of drug-likeness (QED) is 0.620. The SMILES string of the molecule is C[C@H](OC(=O)c1cccc(I)c1)C(=O)NC(N)=O. The van der Waals surface area contributed by atoms with Gasteiger partial charge in [0.2, 0.25) is 0 Å². The van der Waals surface area contributed by atoms with Crippen molar-refractivity contribution < 1.29 is 19.1 Å². The zero-order chi connectivity index (χ0) is 13.7. The highest BCUT2D eigenvalue weighted by Gasteiger charge is 2.19. The maximum absolute atomic E-state index is 11.7. The number of hydrogen-bond donors (Lipinski definition) is 2. The van der Waals surface area contributed by atoms with E-state index in [1.165, 1.54) is 6.92 Å². The molecule has 0 heterocycles. The molecule has 1 aromatic carbocycles. The smallest absolute Gasteiger partial charge is 0.338 e. The molecule has 0 aromatic heterocycles. The van der Waals surface area contributed by atoms with Gasteiger partial charge < -0.3 is 10.5 Å². The standard InChI is InChI=1S/C11H11IN2O4/c1-6(9(15)14-11(13)17)18-10(16)7-3-2-4-8(12)5-7/h2-6H,1H3,(H3,13,14,15,17)/t6-/m0/s1. The molecule has 1 atom stereocenters. The van der Waals surface area contributed by atoms with E-state index in [-0.39, 0.29) is 0 Å². The average Bonchev–Trinajstić information content (AvgIpc) is 2.27. The number of primary amides is 1. The Morgan fingerprint density at radius 1 is 1.39 bits per heavy atom. The van der Waals surface area contributed by atoms with E-state index < -0.39 is 24.0 Å². The highest BCUT2D eigenvalue weighted by Crippen LogP contribution is 2.10. The van der Waals surface area contributed by atoms with Crippen molar-refractivity contribution in [2.75, 3.05) is 0 Å². The molecule has 6 nitrogen and oxygen atoms in total. The average molecular weight is 362 g/mol. The number of hydrogen-bond acceptors (Lipinski definition) is 4. The molecule has 7 heteroatoms. The minimum absolute atomic E-state index is 0.334. The van der Waals surface area contributed by atoms with Crippen molar-refractivity contribution in [3.05, 3.63) is 33.4 Å². The Bertz CT molecular complexity index is 490. The summed E-state index contributed by atoms with van der Waals surface area (Å²) in [4.78, 5) is 33.4. The van der Waals surface area contributed by atoms with Crippen molar-refractivity contribution in [3.63, 3.8) is 0 Å². The van der Waals surface area contributed by atoms with Gasteiger partial charge in [0.25, 0.3) is 5.91 Å². The number of halogens is 1. The largest absolute Gasteiger partial charge is 0.449 e. The Labute approximate surface area is 117 Å². The summed E-state index contributed by atoms with van der Waals surface area (Å²) in [5.74, 6) is -1.40. The van der Waals surface area contributed by atoms with Gasteiger partial charge in [-0.2, -0.15) is 0 Å². The first-order valence-electron chi connectivity index (χ1n) is 4.97. The van der Waals surface area contributed by atoms with Gasteiger partial charge in [0.1, 0.15) is 0 Å². The van der Waals surface area contributed by atoms with Gasteiger partial charge in [-0.15, -0.1) is 0 Å². The third kappa shape index (κ3) is 4.32. The fraction of sp³-hybridized carbons (Fsp3) is 0.182. The summed E-state index contributed by atoms with van der Waals surface area (Å²) in [6, 6.07) is 5.73. The van der Waals surface area contributed by atoms with Crippen LogP contribution in [-0.2, 0) is 9.53 Å². The summed E-state index contributed by atoms with van der Waals surface area (Å²) in [7, 11) is 0. The van der Waals surface area contributed by atoms with E-state index >= 15 is 0 Å². The van der Waals surface area contributed by atoms with E-state index in [1.807, 2.05) is 11.4 Å². The summed E-state index contributed by atoms with van der Waals surface area (Å²) in [6.45, 7) is 1.35. The lowest BCUT2D eigenvalue weighted by Crippen LogP contribution is -2.42. The molecule has 1 rings (SSSR count). The van der Waals surface area contributed by atoms with Gasteiger partial charge in [-0.05, 0) is 47.7 Å². The van der Waals surface area contributed by atoms with Crippen LogP contribution in [0.4, 0.5) is 4.79 Å². The van der Waals surface area contributed by atoms with Crippen LogP contribution in [0.1, 0.15) is 17.3 Å². The molecular formula is C11H11IN2O4. The molecule has 1 aromatic rings. The van der Waals surface area contributed by atoms with E-state index in [1.54, 1.807) is 18.2 Å². The van der Waals surface area contributed by atoms with E-state index in [9.17, 15) is 14.4 Å². The van der Waals surface area contributed by atoms with Gasteiger partial charge in [-0.25, -0.2) is 9.59 Å². The highest BCUT2D eigenvalue weighted by atomic mass is 127. The maximum Gasteiger partial charge on any atom is 0.338 e. The number of imide groups is 1. The number of rotatable bonds is 3. The van der Waals surface area contributed by atoms with Gasteiger partial charge in [0.15, 0.2) is 6.10 Å². The second-order valence-electron chi connectivity index (χ2n) is 3.41. The number of carbonyl (C=O) groups excluding carboxylic acids is 3. The number of ether oxygens (including phenoxy) is 1. The van der Waals surface area contributed by atoms with Crippen LogP contribution in [0.5, 0.6) is 0 Å². The number of amides is 3. The molecule has 0 fully saturated rings. The van der Waals surface area contributed by atoms with Crippen molar-refractivity contribution in [3.8, 4) is 0 Å². The molecule has 0 saturated heterocycles. The summed E-state index contributed by atoms with van der Waals surface area (Å²) < 4.78 is 5.76. The van der Waals surface area contributed by atoms with Gasteiger partial charge in [-0.1, -0.05) is 6.07 Å². The molecule has 0 aliphatic rings. The Morgan fingerprint density at radius 3 is 2.61 bits per heavy atom. The van der Waals surface area contributed by atoms with E-state index in [4.69, 9.17) is 10.5 Å². The molecule has 96 valence electrons. The lowest BCUT2D eigenvalue weighted by molar-refractivity contribution is -0.127. The molecule has 0 unspecified atom stereocenters. The van der Waals surface area contributed by atoms with Crippen molar-refractivity contribution in [1.82, 2.24) is 5.32 Å². The minimum Gasteiger partial charge on any atom is -0.449 e. The van der Waals surface area contributed by atoms with Crippen molar-refractivity contribution in [2.45, 2.75) is 13.0 Å². The molecule has 0 spiro atoms. The zero-order valence-electron chi connectivity index (χ0n) is 9.48. The first-order valence-corrected chi connectivity index (χ1v) is 6.05.